The average molecular weight is 375 g/mol. The molecule has 114 valence electrons. The van der Waals surface area contributed by atoms with Gasteiger partial charge in [0.25, 0.3) is 0 Å². The van der Waals surface area contributed by atoms with E-state index in [1.807, 2.05) is 13.0 Å². The van der Waals surface area contributed by atoms with Gasteiger partial charge in [-0.15, -0.1) is 0 Å². The van der Waals surface area contributed by atoms with Crippen molar-refractivity contribution in [2.75, 3.05) is 6.54 Å². The van der Waals surface area contributed by atoms with Gasteiger partial charge in [0.2, 0.25) is 0 Å². The highest BCUT2D eigenvalue weighted by molar-refractivity contribution is 9.10. The third kappa shape index (κ3) is 3.68. The molecule has 2 nitrogen and oxygen atoms in total. The number of hydrogen-bond acceptors (Lipinski definition) is 2. The average Bonchev–Trinajstić information content (AvgIpc) is 2.93. The summed E-state index contributed by atoms with van der Waals surface area (Å²) in [4.78, 5) is 0. The maximum atomic E-state index is 14.4. The van der Waals surface area contributed by atoms with E-state index in [0.717, 1.165) is 30.7 Å². The highest BCUT2D eigenvalue weighted by Gasteiger charge is 2.22. The van der Waals surface area contributed by atoms with Crippen LogP contribution in [-0.4, -0.2) is 6.54 Å². The molecule has 1 N–H and O–H groups in total. The van der Waals surface area contributed by atoms with Crippen molar-refractivity contribution in [1.82, 2.24) is 5.32 Å². The smallest absolute Gasteiger partial charge is 0.129 e. The van der Waals surface area contributed by atoms with Crippen molar-refractivity contribution in [1.29, 1.82) is 0 Å². The molecule has 1 atom stereocenters. The number of benzene rings is 1. The Morgan fingerprint density at radius 2 is 2.10 bits per heavy atom. The van der Waals surface area contributed by atoms with E-state index in [2.05, 4.69) is 28.2 Å². The summed E-state index contributed by atoms with van der Waals surface area (Å²) in [5, 5.41) is 3.87. The summed E-state index contributed by atoms with van der Waals surface area (Å²) < 4.78 is 20.4. The molecular weight excluding hydrogens is 357 g/mol. The summed E-state index contributed by atoms with van der Waals surface area (Å²) in [6, 6.07) is 4.70. The number of aryl methyl sites for hydroxylation is 1. The number of hydrogen-bond donors (Lipinski definition) is 1. The monoisotopic (exact) mass is 373 g/mol. The minimum atomic E-state index is -0.289. The van der Waals surface area contributed by atoms with E-state index < -0.39 is 0 Å². The molecule has 0 aliphatic rings. The molecule has 0 saturated heterocycles. The van der Waals surface area contributed by atoms with E-state index in [1.165, 1.54) is 6.07 Å². The summed E-state index contributed by atoms with van der Waals surface area (Å²) in [6.07, 6.45) is 3.37. The molecule has 1 aromatic carbocycles. The Labute approximate surface area is 137 Å². The SMILES string of the molecule is CCCNC(c1cc(Cl)c(Br)cc1F)c1ccoc1CC. The highest BCUT2D eigenvalue weighted by Crippen LogP contribution is 2.33. The molecule has 0 aliphatic heterocycles. The van der Waals surface area contributed by atoms with Crippen LogP contribution in [0.1, 0.15) is 43.2 Å². The Bertz CT molecular complexity index is 614. The third-order valence-electron chi connectivity index (χ3n) is 3.36. The first-order valence-electron chi connectivity index (χ1n) is 7.02. The minimum Gasteiger partial charge on any atom is -0.469 e. The molecular formula is C16H18BrClFNO. The van der Waals surface area contributed by atoms with E-state index in [0.29, 0.717) is 15.1 Å². The van der Waals surface area contributed by atoms with Gasteiger partial charge in [-0.3, -0.25) is 0 Å². The van der Waals surface area contributed by atoms with Gasteiger partial charge in [-0.1, -0.05) is 25.4 Å². The fourth-order valence-corrected chi connectivity index (χ4v) is 2.82. The highest BCUT2D eigenvalue weighted by atomic mass is 79.9. The number of nitrogens with one attached hydrogen (secondary N) is 1. The second-order valence-corrected chi connectivity index (χ2v) is 6.09. The van der Waals surface area contributed by atoms with Crippen molar-refractivity contribution < 1.29 is 8.81 Å². The van der Waals surface area contributed by atoms with Crippen molar-refractivity contribution in [3.8, 4) is 0 Å². The lowest BCUT2D eigenvalue weighted by Crippen LogP contribution is -2.24. The van der Waals surface area contributed by atoms with Crippen LogP contribution < -0.4 is 5.32 Å². The van der Waals surface area contributed by atoms with Crippen LogP contribution >= 0.6 is 27.5 Å². The summed E-state index contributed by atoms with van der Waals surface area (Å²) >= 11 is 9.38. The van der Waals surface area contributed by atoms with Crippen molar-refractivity contribution in [3.63, 3.8) is 0 Å². The Balaban J connectivity index is 2.48. The quantitative estimate of drug-likeness (QED) is 0.677. The minimum absolute atomic E-state index is 0.260. The summed E-state index contributed by atoms with van der Waals surface area (Å²) in [5.41, 5.74) is 1.50. The van der Waals surface area contributed by atoms with Crippen LogP contribution in [0.15, 0.2) is 33.4 Å². The fraction of sp³-hybridized carbons (Fsp3) is 0.375. The topological polar surface area (TPSA) is 25.2 Å². The Hall–Kier alpha value is -0.840. The maximum absolute atomic E-state index is 14.4. The van der Waals surface area contributed by atoms with Crippen LogP contribution in [0.5, 0.6) is 0 Å². The van der Waals surface area contributed by atoms with E-state index in [4.69, 9.17) is 16.0 Å². The van der Waals surface area contributed by atoms with Crippen LogP contribution in [0.4, 0.5) is 4.39 Å². The van der Waals surface area contributed by atoms with Crippen LogP contribution in [0.2, 0.25) is 5.02 Å². The van der Waals surface area contributed by atoms with Crippen LogP contribution in [0.25, 0.3) is 0 Å². The second kappa shape index (κ2) is 7.43. The summed E-state index contributed by atoms with van der Waals surface area (Å²) in [5.74, 6) is 0.574. The van der Waals surface area contributed by atoms with Crippen molar-refractivity contribution in [2.45, 2.75) is 32.7 Å². The molecule has 2 rings (SSSR count). The molecule has 0 spiro atoms. The number of rotatable bonds is 6. The standard InChI is InChI=1S/C16H18BrClFNO/c1-3-6-20-16(10-5-7-21-15(10)4-2)11-8-13(18)12(17)9-14(11)19/h5,7-9,16,20H,3-4,6H2,1-2H3. The second-order valence-electron chi connectivity index (χ2n) is 4.83. The van der Waals surface area contributed by atoms with Crippen molar-refractivity contribution in [3.05, 3.63) is 56.7 Å². The first-order chi connectivity index (χ1) is 10.1. The zero-order chi connectivity index (χ0) is 15.4. The normalized spacial score (nSPS) is 12.6. The molecule has 0 saturated carbocycles. The van der Waals surface area contributed by atoms with E-state index in [1.54, 1.807) is 12.3 Å². The Kier molecular flexibility index (Phi) is 5.85. The first-order valence-corrected chi connectivity index (χ1v) is 8.19. The molecule has 0 fully saturated rings. The zero-order valence-electron chi connectivity index (χ0n) is 12.1. The molecule has 0 bridgehead atoms. The van der Waals surface area contributed by atoms with Crippen molar-refractivity contribution >= 4 is 27.5 Å². The van der Waals surface area contributed by atoms with Gasteiger partial charge < -0.3 is 9.73 Å². The van der Waals surface area contributed by atoms with Gasteiger partial charge in [-0.25, -0.2) is 4.39 Å². The lowest BCUT2D eigenvalue weighted by Gasteiger charge is -2.20. The lowest BCUT2D eigenvalue weighted by molar-refractivity contribution is 0.494. The van der Waals surface area contributed by atoms with Crippen LogP contribution in [-0.2, 0) is 6.42 Å². The van der Waals surface area contributed by atoms with Gasteiger partial charge in [0, 0.05) is 22.0 Å². The Morgan fingerprint density at radius 3 is 2.76 bits per heavy atom. The lowest BCUT2D eigenvalue weighted by atomic mass is 9.97. The van der Waals surface area contributed by atoms with E-state index >= 15 is 0 Å². The van der Waals surface area contributed by atoms with Gasteiger partial charge in [0.15, 0.2) is 0 Å². The van der Waals surface area contributed by atoms with E-state index in [-0.39, 0.29) is 11.9 Å². The van der Waals surface area contributed by atoms with Crippen LogP contribution in [0, 0.1) is 5.82 Å². The van der Waals surface area contributed by atoms with Crippen molar-refractivity contribution in [2.24, 2.45) is 0 Å². The van der Waals surface area contributed by atoms with Gasteiger partial charge >= 0.3 is 0 Å². The van der Waals surface area contributed by atoms with Gasteiger partial charge in [0.1, 0.15) is 11.6 Å². The molecule has 1 heterocycles. The van der Waals surface area contributed by atoms with Crippen LogP contribution in [0.3, 0.4) is 0 Å². The fourth-order valence-electron chi connectivity index (χ4n) is 2.33. The van der Waals surface area contributed by atoms with Gasteiger partial charge in [0.05, 0.1) is 17.3 Å². The number of halogens is 3. The molecule has 1 unspecified atom stereocenters. The van der Waals surface area contributed by atoms with Gasteiger partial charge in [-0.05, 0) is 47.1 Å². The predicted molar refractivity (Wildman–Crippen MR) is 87.3 cm³/mol. The molecule has 1 aromatic heterocycles. The molecule has 0 amide bonds. The Morgan fingerprint density at radius 1 is 1.33 bits per heavy atom. The molecule has 2 aromatic rings. The molecule has 21 heavy (non-hydrogen) atoms. The molecule has 0 aliphatic carbocycles. The zero-order valence-corrected chi connectivity index (χ0v) is 14.4. The predicted octanol–water partition coefficient (Wildman–Crippen LogP) is 5.49. The van der Waals surface area contributed by atoms with E-state index in [9.17, 15) is 4.39 Å². The number of furan rings is 1. The maximum Gasteiger partial charge on any atom is 0.129 e. The summed E-state index contributed by atoms with van der Waals surface area (Å²) in [7, 11) is 0. The first kappa shape index (κ1) is 16.5. The third-order valence-corrected chi connectivity index (χ3v) is 4.56. The largest absolute Gasteiger partial charge is 0.469 e. The molecule has 5 heteroatoms. The van der Waals surface area contributed by atoms with Gasteiger partial charge in [-0.2, -0.15) is 0 Å². The summed E-state index contributed by atoms with van der Waals surface area (Å²) in [6.45, 7) is 4.88. The molecule has 0 radical (unpaired) electrons.